The monoisotopic (exact) mass is 397 g/mol. The van der Waals surface area contributed by atoms with Gasteiger partial charge < -0.3 is 4.74 Å². The van der Waals surface area contributed by atoms with Crippen molar-refractivity contribution in [2.75, 3.05) is 7.11 Å². The molecule has 0 saturated heterocycles. The van der Waals surface area contributed by atoms with Crippen molar-refractivity contribution in [3.63, 3.8) is 0 Å². The molecule has 0 aliphatic rings. The number of pyridine rings is 1. The van der Waals surface area contributed by atoms with Crippen LogP contribution in [0.25, 0.3) is 22.5 Å². The first-order chi connectivity index (χ1) is 14.7. The molecule has 0 atom stereocenters. The maximum absolute atomic E-state index is 13.4. The van der Waals surface area contributed by atoms with Crippen molar-refractivity contribution < 1.29 is 9.53 Å². The van der Waals surface area contributed by atoms with E-state index in [1.54, 1.807) is 41.2 Å². The van der Waals surface area contributed by atoms with E-state index in [1.807, 2.05) is 48.5 Å². The minimum atomic E-state index is -0.417. The van der Waals surface area contributed by atoms with Crippen LogP contribution in [0.3, 0.4) is 0 Å². The van der Waals surface area contributed by atoms with Gasteiger partial charge in [0.2, 0.25) is 0 Å². The molecule has 148 valence electrons. The number of hydrogen-bond acceptors (Lipinski definition) is 5. The van der Waals surface area contributed by atoms with Gasteiger partial charge in [0.15, 0.2) is 0 Å². The molecule has 0 N–H and O–H groups in total. The van der Waals surface area contributed by atoms with Crippen LogP contribution in [0.1, 0.15) is 16.1 Å². The van der Waals surface area contributed by atoms with E-state index in [0.717, 1.165) is 16.8 Å². The van der Waals surface area contributed by atoms with Crippen LogP contribution < -0.4 is 5.56 Å². The maximum atomic E-state index is 13.4. The molecule has 6 nitrogen and oxygen atoms in total. The van der Waals surface area contributed by atoms with E-state index in [-0.39, 0.29) is 12.1 Å². The summed E-state index contributed by atoms with van der Waals surface area (Å²) in [6.07, 6.45) is 3.29. The van der Waals surface area contributed by atoms with Crippen molar-refractivity contribution in [1.82, 2.24) is 14.5 Å². The van der Waals surface area contributed by atoms with Gasteiger partial charge in [0.05, 0.1) is 30.5 Å². The molecule has 0 bridgehead atoms. The second-order valence-corrected chi connectivity index (χ2v) is 6.64. The zero-order valence-corrected chi connectivity index (χ0v) is 16.4. The third-order valence-electron chi connectivity index (χ3n) is 4.74. The first-order valence-corrected chi connectivity index (χ1v) is 9.41. The standard InChI is InChI=1S/C24H19N3O3/c1-30-24(29)19-12-10-18(11-13-19)22-26-15-21(17-7-3-2-4-8-17)23(28)27(22)16-20-9-5-6-14-25-20/h2-15H,16H2,1H3. The zero-order chi connectivity index (χ0) is 20.9. The Bertz CT molecular complexity index is 1220. The smallest absolute Gasteiger partial charge is 0.337 e. The van der Waals surface area contributed by atoms with Crippen LogP contribution in [-0.2, 0) is 11.3 Å². The van der Waals surface area contributed by atoms with Gasteiger partial charge in [-0.05, 0) is 29.8 Å². The van der Waals surface area contributed by atoms with Crippen molar-refractivity contribution in [1.29, 1.82) is 0 Å². The first-order valence-electron chi connectivity index (χ1n) is 9.41. The highest BCUT2D eigenvalue weighted by Crippen LogP contribution is 2.21. The van der Waals surface area contributed by atoms with Gasteiger partial charge in [-0.15, -0.1) is 0 Å². The molecule has 4 rings (SSSR count). The number of carbonyl (C=O) groups excluding carboxylic acids is 1. The van der Waals surface area contributed by atoms with Gasteiger partial charge in [0.25, 0.3) is 5.56 Å². The number of methoxy groups -OCH3 is 1. The van der Waals surface area contributed by atoms with E-state index in [2.05, 4.69) is 9.97 Å². The van der Waals surface area contributed by atoms with Gasteiger partial charge in [-0.1, -0.05) is 48.5 Å². The average molecular weight is 397 g/mol. The van der Waals surface area contributed by atoms with E-state index in [9.17, 15) is 9.59 Å². The van der Waals surface area contributed by atoms with E-state index in [0.29, 0.717) is 17.0 Å². The number of carbonyl (C=O) groups is 1. The Morgan fingerprint density at radius 3 is 2.30 bits per heavy atom. The molecular weight excluding hydrogens is 378 g/mol. The SMILES string of the molecule is COC(=O)c1ccc(-c2ncc(-c3ccccc3)c(=O)n2Cc2ccccn2)cc1. The number of hydrogen-bond donors (Lipinski definition) is 0. The third kappa shape index (κ3) is 3.89. The summed E-state index contributed by atoms with van der Waals surface area (Å²) in [5, 5.41) is 0. The molecule has 0 fully saturated rings. The summed E-state index contributed by atoms with van der Waals surface area (Å²) < 4.78 is 6.36. The molecule has 0 amide bonds. The Morgan fingerprint density at radius 1 is 0.900 bits per heavy atom. The van der Waals surface area contributed by atoms with Crippen LogP contribution in [0.5, 0.6) is 0 Å². The fourth-order valence-electron chi connectivity index (χ4n) is 3.21. The molecule has 30 heavy (non-hydrogen) atoms. The Kier molecular flexibility index (Phi) is 5.48. The van der Waals surface area contributed by atoms with Crippen molar-refractivity contribution in [2.45, 2.75) is 6.54 Å². The highest BCUT2D eigenvalue weighted by Gasteiger charge is 2.15. The lowest BCUT2D eigenvalue weighted by atomic mass is 10.1. The second-order valence-electron chi connectivity index (χ2n) is 6.64. The van der Waals surface area contributed by atoms with Crippen LogP contribution in [0, 0.1) is 0 Å². The highest BCUT2D eigenvalue weighted by molar-refractivity contribution is 5.89. The molecule has 6 heteroatoms. The molecule has 0 spiro atoms. The summed E-state index contributed by atoms with van der Waals surface area (Å²) in [7, 11) is 1.34. The predicted molar refractivity (Wildman–Crippen MR) is 114 cm³/mol. The Balaban J connectivity index is 1.84. The topological polar surface area (TPSA) is 74.1 Å². The van der Waals surface area contributed by atoms with Crippen LogP contribution in [0.15, 0.2) is 90.0 Å². The van der Waals surface area contributed by atoms with Crippen LogP contribution in [-0.4, -0.2) is 27.6 Å². The number of nitrogens with zero attached hydrogens (tertiary/aromatic N) is 3. The first kappa shape index (κ1) is 19.3. The summed E-state index contributed by atoms with van der Waals surface area (Å²) in [5.74, 6) is 0.0848. The Morgan fingerprint density at radius 2 is 1.63 bits per heavy atom. The minimum absolute atomic E-state index is 0.158. The molecule has 0 radical (unpaired) electrons. The van der Waals surface area contributed by atoms with Gasteiger partial charge >= 0.3 is 5.97 Å². The van der Waals surface area contributed by atoms with E-state index in [4.69, 9.17) is 4.74 Å². The second kappa shape index (κ2) is 8.53. The molecular formula is C24H19N3O3. The summed E-state index contributed by atoms with van der Waals surface area (Å²) in [6, 6.07) is 21.8. The molecule has 0 aliphatic heterocycles. The molecule has 2 aromatic heterocycles. The van der Waals surface area contributed by atoms with Crippen molar-refractivity contribution in [3.05, 3.63) is 107 Å². The summed E-state index contributed by atoms with van der Waals surface area (Å²) in [5.41, 5.74) is 3.06. The zero-order valence-electron chi connectivity index (χ0n) is 16.4. The van der Waals surface area contributed by atoms with Crippen molar-refractivity contribution in [2.24, 2.45) is 0 Å². The normalized spacial score (nSPS) is 10.6. The van der Waals surface area contributed by atoms with Gasteiger partial charge in [-0.25, -0.2) is 9.78 Å². The van der Waals surface area contributed by atoms with Gasteiger partial charge in [-0.2, -0.15) is 0 Å². The molecule has 0 unspecified atom stereocenters. The molecule has 0 saturated carbocycles. The van der Waals surface area contributed by atoms with Gasteiger partial charge in [-0.3, -0.25) is 14.3 Å². The number of aromatic nitrogens is 3. The summed E-state index contributed by atoms with van der Waals surface area (Å²) >= 11 is 0. The van der Waals surface area contributed by atoms with Gasteiger partial charge in [0, 0.05) is 18.0 Å². The average Bonchev–Trinajstić information content (AvgIpc) is 2.81. The van der Waals surface area contributed by atoms with E-state index < -0.39 is 5.97 Å². The minimum Gasteiger partial charge on any atom is -0.465 e. The summed E-state index contributed by atoms with van der Waals surface area (Å²) in [6.45, 7) is 0.279. The van der Waals surface area contributed by atoms with Gasteiger partial charge in [0.1, 0.15) is 5.82 Å². The van der Waals surface area contributed by atoms with Crippen LogP contribution in [0.4, 0.5) is 0 Å². The fraction of sp³-hybridized carbons (Fsp3) is 0.0833. The van der Waals surface area contributed by atoms with E-state index >= 15 is 0 Å². The van der Waals surface area contributed by atoms with Crippen LogP contribution in [0.2, 0.25) is 0 Å². The molecule has 4 aromatic rings. The maximum Gasteiger partial charge on any atom is 0.337 e. The molecule has 2 aromatic carbocycles. The lowest BCUT2D eigenvalue weighted by Gasteiger charge is -2.14. The quantitative estimate of drug-likeness (QED) is 0.479. The van der Waals surface area contributed by atoms with Crippen LogP contribution >= 0.6 is 0 Å². The largest absolute Gasteiger partial charge is 0.465 e. The number of benzene rings is 2. The van der Waals surface area contributed by atoms with Crippen molar-refractivity contribution in [3.8, 4) is 22.5 Å². The third-order valence-corrected chi connectivity index (χ3v) is 4.74. The summed E-state index contributed by atoms with van der Waals surface area (Å²) in [4.78, 5) is 34.1. The Labute approximate surface area is 173 Å². The number of rotatable bonds is 5. The molecule has 2 heterocycles. The lowest BCUT2D eigenvalue weighted by molar-refractivity contribution is 0.0601. The fourth-order valence-corrected chi connectivity index (χ4v) is 3.21. The van der Waals surface area contributed by atoms with E-state index in [1.165, 1.54) is 7.11 Å². The Hall–Kier alpha value is -4.06. The molecule has 0 aliphatic carbocycles. The predicted octanol–water partition coefficient (Wildman–Crippen LogP) is 3.81. The highest BCUT2D eigenvalue weighted by atomic mass is 16.5. The van der Waals surface area contributed by atoms with Crippen molar-refractivity contribution >= 4 is 5.97 Å². The lowest BCUT2D eigenvalue weighted by Crippen LogP contribution is -2.25. The number of ether oxygens (including phenoxy) is 1. The number of esters is 1.